The number of aryl methyl sites for hydroxylation is 1. The number of pyridine rings is 2. The molecule has 0 bridgehead atoms. The van der Waals surface area contributed by atoms with Crippen LogP contribution in [0.1, 0.15) is 30.2 Å². The Labute approximate surface area is 197 Å². The summed E-state index contributed by atoms with van der Waals surface area (Å²) >= 11 is 0. The molecule has 0 aliphatic carbocycles. The number of halogens is 2. The van der Waals surface area contributed by atoms with E-state index in [0.717, 1.165) is 12.0 Å². The summed E-state index contributed by atoms with van der Waals surface area (Å²) < 4.78 is 48.2. The maximum atomic E-state index is 12.8. The second-order valence-electron chi connectivity index (χ2n) is 6.33. The fourth-order valence-electron chi connectivity index (χ4n) is 2.83. The SMILES string of the molecule is CCCc1cc2nc(S(=O)Cc3nccc(OC)c3C)[n-]c2nc1OCC(F)F.[Na+]. The van der Waals surface area contributed by atoms with E-state index in [1.807, 2.05) is 13.8 Å². The van der Waals surface area contributed by atoms with E-state index in [1.54, 1.807) is 25.4 Å². The molecule has 0 N–H and O–H groups in total. The number of fused-ring (bicyclic) bond motifs is 1. The zero-order valence-corrected chi connectivity index (χ0v) is 20.1. The number of methoxy groups -OCH3 is 1. The molecule has 3 aromatic rings. The molecule has 0 aliphatic heterocycles. The molecule has 0 saturated carbocycles. The minimum Gasteiger partial charge on any atom is -0.496 e. The summed E-state index contributed by atoms with van der Waals surface area (Å²) in [6.45, 7) is 3.05. The van der Waals surface area contributed by atoms with Gasteiger partial charge >= 0.3 is 29.6 Å². The van der Waals surface area contributed by atoms with Gasteiger partial charge in [0.25, 0.3) is 6.43 Å². The van der Waals surface area contributed by atoms with Gasteiger partial charge in [-0.25, -0.2) is 8.78 Å². The predicted molar refractivity (Wildman–Crippen MR) is 104 cm³/mol. The molecular weight excluding hydrogens is 425 g/mol. The van der Waals surface area contributed by atoms with Crippen LogP contribution in [0, 0.1) is 6.92 Å². The summed E-state index contributed by atoms with van der Waals surface area (Å²) in [6, 6.07) is 3.44. The van der Waals surface area contributed by atoms with Gasteiger partial charge in [-0.3, -0.25) is 9.19 Å². The molecule has 0 saturated heterocycles. The average molecular weight is 446 g/mol. The average Bonchev–Trinajstić information content (AvgIpc) is 3.11. The first-order valence-corrected chi connectivity index (χ1v) is 10.4. The van der Waals surface area contributed by atoms with Crippen molar-refractivity contribution in [1.29, 1.82) is 0 Å². The Morgan fingerprint density at radius 3 is 2.73 bits per heavy atom. The fraction of sp³-hybridized carbons (Fsp3) is 0.421. The van der Waals surface area contributed by atoms with Gasteiger partial charge in [-0.1, -0.05) is 13.3 Å². The molecule has 7 nitrogen and oxygen atoms in total. The quantitative estimate of drug-likeness (QED) is 0.434. The second-order valence-corrected chi connectivity index (χ2v) is 7.67. The van der Waals surface area contributed by atoms with Gasteiger partial charge in [0.15, 0.2) is 0 Å². The van der Waals surface area contributed by atoms with Crippen LogP contribution in [0.5, 0.6) is 11.6 Å². The van der Waals surface area contributed by atoms with Crippen molar-refractivity contribution in [2.24, 2.45) is 0 Å². The van der Waals surface area contributed by atoms with Crippen molar-refractivity contribution in [2.75, 3.05) is 13.7 Å². The molecule has 1 atom stereocenters. The van der Waals surface area contributed by atoms with Gasteiger partial charge < -0.3 is 24.4 Å². The molecule has 11 heteroatoms. The number of hydrogen-bond acceptors (Lipinski definition) is 6. The van der Waals surface area contributed by atoms with Gasteiger partial charge in [-0.15, -0.1) is 0 Å². The predicted octanol–water partition coefficient (Wildman–Crippen LogP) is 0.207. The molecule has 0 aliphatic rings. The zero-order valence-electron chi connectivity index (χ0n) is 17.3. The third kappa shape index (κ3) is 5.75. The van der Waals surface area contributed by atoms with Gasteiger partial charge in [-0.2, -0.15) is 0 Å². The number of aromatic nitrogens is 4. The topological polar surface area (TPSA) is 88.3 Å². The van der Waals surface area contributed by atoms with Gasteiger partial charge in [0, 0.05) is 22.9 Å². The van der Waals surface area contributed by atoms with Crippen molar-refractivity contribution in [3.8, 4) is 11.6 Å². The summed E-state index contributed by atoms with van der Waals surface area (Å²) in [5.74, 6) is 0.894. The van der Waals surface area contributed by atoms with Crippen LogP contribution in [-0.2, 0) is 23.0 Å². The number of ether oxygens (including phenoxy) is 2. The van der Waals surface area contributed by atoms with Crippen LogP contribution in [0.4, 0.5) is 8.78 Å². The third-order valence-corrected chi connectivity index (χ3v) is 5.38. The Morgan fingerprint density at radius 2 is 2.07 bits per heavy atom. The Balaban J connectivity index is 0.00000320. The van der Waals surface area contributed by atoms with E-state index < -0.39 is 23.8 Å². The molecule has 0 amide bonds. The van der Waals surface area contributed by atoms with E-state index >= 15 is 0 Å². The zero-order chi connectivity index (χ0) is 21.0. The maximum Gasteiger partial charge on any atom is 1.00 e. The summed E-state index contributed by atoms with van der Waals surface area (Å²) in [5, 5.41) is 0.116. The molecule has 30 heavy (non-hydrogen) atoms. The van der Waals surface area contributed by atoms with E-state index in [2.05, 4.69) is 19.9 Å². The standard InChI is InChI=1S/C19H21F2N4O3S.Na/c1-4-5-12-8-13-17(24-18(12)28-9-16(20)21)25-19(23-13)29(26)10-14-11(2)15(27-3)6-7-22-14;/h6-8,16H,4-5,9-10H2,1-3H3;/q-1;+1. The molecule has 0 spiro atoms. The van der Waals surface area contributed by atoms with E-state index in [0.29, 0.717) is 28.9 Å². The van der Waals surface area contributed by atoms with Gasteiger partial charge in [-0.05, 0) is 31.0 Å². The first-order chi connectivity index (χ1) is 13.9. The first-order valence-electron chi connectivity index (χ1n) is 9.05. The van der Waals surface area contributed by atoms with Crippen LogP contribution in [0.15, 0.2) is 23.5 Å². The molecule has 3 heterocycles. The summed E-state index contributed by atoms with van der Waals surface area (Å²) in [5.41, 5.74) is 2.76. The van der Waals surface area contributed by atoms with Crippen molar-refractivity contribution in [1.82, 2.24) is 19.9 Å². The molecule has 0 fully saturated rings. The summed E-state index contributed by atoms with van der Waals surface area (Å²) in [7, 11) is 0.00219. The fourth-order valence-corrected chi connectivity index (χ4v) is 3.89. The summed E-state index contributed by atoms with van der Waals surface area (Å²) in [4.78, 5) is 17.0. The van der Waals surface area contributed by atoms with Crippen molar-refractivity contribution in [2.45, 2.75) is 44.0 Å². The van der Waals surface area contributed by atoms with E-state index in [4.69, 9.17) is 9.47 Å². The number of rotatable bonds is 9. The molecule has 156 valence electrons. The van der Waals surface area contributed by atoms with Crippen LogP contribution in [0.2, 0.25) is 0 Å². The van der Waals surface area contributed by atoms with Crippen molar-refractivity contribution in [3.63, 3.8) is 0 Å². The van der Waals surface area contributed by atoms with Crippen molar-refractivity contribution >= 4 is 22.0 Å². The molecular formula is C19H21F2N4NaO3S. The Kier molecular flexibility index (Phi) is 9.14. The minimum absolute atomic E-state index is 0. The number of nitrogens with zero attached hydrogens (tertiary/aromatic N) is 4. The van der Waals surface area contributed by atoms with Gasteiger partial charge in [0.05, 0.1) is 34.5 Å². The second kappa shape index (κ2) is 11.1. The molecule has 3 rings (SSSR count). The van der Waals surface area contributed by atoms with E-state index in [-0.39, 0.29) is 52.0 Å². The number of alkyl halides is 2. The number of hydrogen-bond donors (Lipinski definition) is 0. The molecule has 3 aromatic heterocycles. The van der Waals surface area contributed by atoms with Gasteiger partial charge in [0.1, 0.15) is 18.2 Å². The van der Waals surface area contributed by atoms with Crippen molar-refractivity contribution in [3.05, 3.63) is 35.2 Å². The van der Waals surface area contributed by atoms with Crippen LogP contribution >= 0.6 is 0 Å². The summed E-state index contributed by atoms with van der Waals surface area (Å²) in [6.07, 6.45) is 0.367. The Bertz CT molecular complexity index is 1030. The first kappa shape index (κ1) is 24.6. The van der Waals surface area contributed by atoms with Crippen LogP contribution in [-0.4, -0.2) is 39.3 Å². The Hall–Kier alpha value is -1.62. The maximum absolute atomic E-state index is 12.8. The molecule has 1 unspecified atom stereocenters. The third-order valence-electron chi connectivity index (χ3n) is 4.26. The minimum atomic E-state index is -2.60. The van der Waals surface area contributed by atoms with Crippen molar-refractivity contribution < 1.29 is 52.0 Å². The van der Waals surface area contributed by atoms with Crippen LogP contribution < -0.4 is 44.0 Å². The normalized spacial score (nSPS) is 12.1. The largest absolute Gasteiger partial charge is 1.00 e. The number of imidazole rings is 1. The van der Waals surface area contributed by atoms with Crippen LogP contribution in [0.25, 0.3) is 11.2 Å². The molecule has 0 radical (unpaired) electrons. The van der Waals surface area contributed by atoms with E-state index in [1.165, 1.54) is 0 Å². The molecule has 0 aromatic carbocycles. The smallest absolute Gasteiger partial charge is 0.496 e. The Morgan fingerprint density at radius 1 is 1.30 bits per heavy atom. The van der Waals surface area contributed by atoms with E-state index in [9.17, 15) is 13.0 Å². The monoisotopic (exact) mass is 446 g/mol. The van der Waals surface area contributed by atoms with Gasteiger partial charge in [0.2, 0.25) is 0 Å². The van der Waals surface area contributed by atoms with Crippen LogP contribution in [0.3, 0.4) is 0 Å².